The van der Waals surface area contributed by atoms with E-state index in [1.165, 1.54) is 12.8 Å². The normalized spacial score (nSPS) is 15.1. The lowest BCUT2D eigenvalue weighted by Gasteiger charge is -2.09. The second-order valence-electron chi connectivity index (χ2n) is 4.09. The van der Waals surface area contributed by atoms with Gasteiger partial charge in [0.15, 0.2) is 5.82 Å². The van der Waals surface area contributed by atoms with Gasteiger partial charge < -0.3 is 9.88 Å². The molecule has 16 heavy (non-hydrogen) atoms. The van der Waals surface area contributed by atoms with E-state index >= 15 is 0 Å². The molecular weight excluding hydrogens is 200 g/mol. The van der Waals surface area contributed by atoms with E-state index in [9.17, 15) is 0 Å². The Morgan fingerprint density at radius 3 is 2.88 bits per heavy atom. The van der Waals surface area contributed by atoms with Crippen LogP contribution in [-0.4, -0.2) is 21.8 Å². The molecule has 0 radical (unpaired) electrons. The maximum absolute atomic E-state index is 4.23. The molecule has 4 heteroatoms. The Kier molecular flexibility index (Phi) is 2.13. The fraction of sp³-hybridized carbons (Fsp3) is 0.333. The fourth-order valence-electron chi connectivity index (χ4n) is 1.95. The smallest absolute Gasteiger partial charge is 0.166 e. The van der Waals surface area contributed by atoms with Gasteiger partial charge in [0.2, 0.25) is 0 Å². The van der Waals surface area contributed by atoms with Gasteiger partial charge >= 0.3 is 0 Å². The van der Waals surface area contributed by atoms with Gasteiger partial charge in [0.25, 0.3) is 0 Å². The summed E-state index contributed by atoms with van der Waals surface area (Å²) in [4.78, 5) is 0. The van der Waals surface area contributed by atoms with Gasteiger partial charge in [-0.05, 0) is 25.0 Å². The molecule has 0 aliphatic heterocycles. The van der Waals surface area contributed by atoms with Crippen LogP contribution in [0.2, 0.25) is 0 Å². The van der Waals surface area contributed by atoms with E-state index in [0.717, 1.165) is 17.1 Å². The van der Waals surface area contributed by atoms with Crippen LogP contribution in [0.5, 0.6) is 0 Å². The lowest BCUT2D eigenvalue weighted by molar-refractivity contribution is 0.746. The van der Waals surface area contributed by atoms with Crippen LogP contribution in [0.1, 0.15) is 18.9 Å². The van der Waals surface area contributed by atoms with Crippen molar-refractivity contribution in [1.29, 1.82) is 0 Å². The standard InChI is InChI=1S/C12H14N4/c1-13-11-5-3-2-4-10(11)12-15-14-8-16(12)9-6-7-9/h2-5,8-9,13H,6-7H2,1H3. The Hall–Kier alpha value is -1.84. The molecule has 1 fully saturated rings. The molecule has 1 N–H and O–H groups in total. The summed E-state index contributed by atoms with van der Waals surface area (Å²) in [6.45, 7) is 0. The monoisotopic (exact) mass is 214 g/mol. The van der Waals surface area contributed by atoms with Crippen molar-refractivity contribution >= 4 is 5.69 Å². The first-order valence-corrected chi connectivity index (χ1v) is 5.57. The highest BCUT2D eigenvalue weighted by Gasteiger charge is 2.27. The molecule has 0 saturated heterocycles. The molecular formula is C12H14N4. The van der Waals surface area contributed by atoms with Crippen molar-refractivity contribution in [3.8, 4) is 11.4 Å². The minimum atomic E-state index is 0.606. The Bertz CT molecular complexity index is 499. The Balaban J connectivity index is 2.10. The maximum Gasteiger partial charge on any atom is 0.166 e. The zero-order valence-electron chi connectivity index (χ0n) is 9.22. The average Bonchev–Trinajstić information content (AvgIpc) is 3.07. The molecule has 2 aromatic rings. The number of para-hydroxylation sites is 1. The van der Waals surface area contributed by atoms with Crippen molar-refractivity contribution in [2.75, 3.05) is 12.4 Å². The summed E-state index contributed by atoms with van der Waals surface area (Å²) < 4.78 is 2.18. The van der Waals surface area contributed by atoms with Crippen molar-refractivity contribution in [2.45, 2.75) is 18.9 Å². The second-order valence-corrected chi connectivity index (χ2v) is 4.09. The molecule has 1 aliphatic carbocycles. The van der Waals surface area contributed by atoms with Crippen molar-refractivity contribution in [3.05, 3.63) is 30.6 Å². The molecule has 4 nitrogen and oxygen atoms in total. The number of aromatic nitrogens is 3. The highest BCUT2D eigenvalue weighted by Crippen LogP contribution is 2.38. The van der Waals surface area contributed by atoms with Gasteiger partial charge in [-0.3, -0.25) is 0 Å². The summed E-state index contributed by atoms with van der Waals surface area (Å²) >= 11 is 0. The van der Waals surface area contributed by atoms with Crippen LogP contribution < -0.4 is 5.32 Å². The van der Waals surface area contributed by atoms with Gasteiger partial charge in [-0.1, -0.05) is 12.1 Å². The van der Waals surface area contributed by atoms with E-state index in [1.54, 1.807) is 0 Å². The predicted molar refractivity (Wildman–Crippen MR) is 63.3 cm³/mol. The molecule has 0 unspecified atom stereocenters. The molecule has 1 aliphatic rings. The zero-order chi connectivity index (χ0) is 11.0. The third-order valence-electron chi connectivity index (χ3n) is 2.95. The summed E-state index contributed by atoms with van der Waals surface area (Å²) in [6, 6.07) is 8.79. The molecule has 1 aromatic heterocycles. The fourth-order valence-corrected chi connectivity index (χ4v) is 1.95. The third kappa shape index (κ3) is 1.46. The first kappa shape index (κ1) is 9.39. The summed E-state index contributed by atoms with van der Waals surface area (Å²) in [7, 11) is 1.93. The van der Waals surface area contributed by atoms with Crippen LogP contribution in [0.4, 0.5) is 5.69 Å². The van der Waals surface area contributed by atoms with Crippen molar-refractivity contribution < 1.29 is 0 Å². The SMILES string of the molecule is CNc1ccccc1-c1nncn1C1CC1. The van der Waals surface area contributed by atoms with Crippen LogP contribution in [0.25, 0.3) is 11.4 Å². The molecule has 1 saturated carbocycles. The second kappa shape index (κ2) is 3.63. The van der Waals surface area contributed by atoms with E-state index in [-0.39, 0.29) is 0 Å². The van der Waals surface area contributed by atoms with Crippen LogP contribution in [0.3, 0.4) is 0 Å². The van der Waals surface area contributed by atoms with Crippen molar-refractivity contribution in [3.63, 3.8) is 0 Å². The Morgan fingerprint density at radius 2 is 2.12 bits per heavy atom. The lowest BCUT2D eigenvalue weighted by atomic mass is 10.1. The third-order valence-corrected chi connectivity index (χ3v) is 2.95. The number of nitrogens with zero attached hydrogens (tertiary/aromatic N) is 3. The minimum Gasteiger partial charge on any atom is -0.388 e. The molecule has 0 amide bonds. The largest absolute Gasteiger partial charge is 0.388 e. The molecule has 0 bridgehead atoms. The van der Waals surface area contributed by atoms with Crippen molar-refractivity contribution in [1.82, 2.24) is 14.8 Å². The first-order chi connectivity index (χ1) is 7.90. The topological polar surface area (TPSA) is 42.7 Å². The van der Waals surface area contributed by atoms with Gasteiger partial charge in [-0.2, -0.15) is 0 Å². The van der Waals surface area contributed by atoms with Crippen LogP contribution in [0, 0.1) is 0 Å². The highest BCUT2D eigenvalue weighted by atomic mass is 15.3. The van der Waals surface area contributed by atoms with Crippen LogP contribution >= 0.6 is 0 Å². The van der Waals surface area contributed by atoms with Gasteiger partial charge in [-0.15, -0.1) is 10.2 Å². The van der Waals surface area contributed by atoms with Crippen LogP contribution in [-0.2, 0) is 0 Å². The van der Waals surface area contributed by atoms with E-state index in [4.69, 9.17) is 0 Å². The first-order valence-electron chi connectivity index (χ1n) is 5.57. The molecule has 0 atom stereocenters. The summed E-state index contributed by atoms with van der Waals surface area (Å²) in [5, 5.41) is 11.4. The van der Waals surface area contributed by atoms with Crippen LogP contribution in [0.15, 0.2) is 30.6 Å². The number of benzene rings is 1. The van der Waals surface area contributed by atoms with E-state index in [0.29, 0.717) is 6.04 Å². The quantitative estimate of drug-likeness (QED) is 0.852. The van der Waals surface area contributed by atoms with Crippen molar-refractivity contribution in [2.24, 2.45) is 0 Å². The highest BCUT2D eigenvalue weighted by molar-refractivity contribution is 5.73. The van der Waals surface area contributed by atoms with Gasteiger partial charge in [0.1, 0.15) is 6.33 Å². The van der Waals surface area contributed by atoms with Gasteiger partial charge in [-0.25, -0.2) is 0 Å². The Labute approximate surface area is 94.3 Å². The van der Waals surface area contributed by atoms with Gasteiger partial charge in [0, 0.05) is 24.3 Å². The molecule has 3 rings (SSSR count). The number of hydrogen-bond donors (Lipinski definition) is 1. The van der Waals surface area contributed by atoms with Gasteiger partial charge in [0.05, 0.1) is 0 Å². The summed E-state index contributed by atoms with van der Waals surface area (Å²) in [5.41, 5.74) is 2.21. The zero-order valence-corrected chi connectivity index (χ0v) is 9.22. The molecule has 1 heterocycles. The average molecular weight is 214 g/mol. The summed E-state index contributed by atoms with van der Waals surface area (Å²) in [5.74, 6) is 0.965. The molecule has 1 aromatic carbocycles. The predicted octanol–water partition coefficient (Wildman–Crippen LogP) is 2.32. The summed E-state index contributed by atoms with van der Waals surface area (Å²) in [6.07, 6.45) is 4.32. The molecule has 0 spiro atoms. The van der Waals surface area contributed by atoms with E-state index in [2.05, 4.69) is 32.2 Å². The number of nitrogens with one attached hydrogen (secondary N) is 1. The minimum absolute atomic E-state index is 0.606. The maximum atomic E-state index is 4.23. The van der Waals surface area contributed by atoms with E-state index < -0.39 is 0 Å². The number of hydrogen-bond acceptors (Lipinski definition) is 3. The van der Waals surface area contributed by atoms with E-state index in [1.807, 2.05) is 25.5 Å². The Morgan fingerprint density at radius 1 is 1.31 bits per heavy atom. The molecule has 82 valence electrons. The lowest BCUT2D eigenvalue weighted by Crippen LogP contribution is -1.99. The number of rotatable bonds is 3. The number of anilines is 1.